The van der Waals surface area contributed by atoms with Gasteiger partial charge < -0.3 is 9.30 Å². The van der Waals surface area contributed by atoms with Gasteiger partial charge >= 0.3 is 0 Å². The minimum atomic E-state index is 0.284. The molecule has 64 valence electrons. The zero-order chi connectivity index (χ0) is 8.18. The van der Waals surface area contributed by atoms with Crippen molar-refractivity contribution in [2.24, 2.45) is 0 Å². The fourth-order valence-electron chi connectivity index (χ4n) is 1.83. The number of aromatic nitrogens is 2. The second-order valence-corrected chi connectivity index (χ2v) is 4.38. The zero-order valence-electron chi connectivity index (χ0n) is 6.59. The third-order valence-corrected chi connectivity index (χ3v) is 3.07. The van der Waals surface area contributed by atoms with Crippen LogP contribution in [0.25, 0.3) is 0 Å². The van der Waals surface area contributed by atoms with Crippen LogP contribution in [0, 0.1) is 0 Å². The molecule has 0 saturated heterocycles. The normalized spacial score (nSPS) is 24.1. The van der Waals surface area contributed by atoms with Crippen molar-refractivity contribution in [3.8, 4) is 0 Å². The second kappa shape index (κ2) is 2.12. The van der Waals surface area contributed by atoms with Crippen LogP contribution in [0.2, 0.25) is 0 Å². The van der Waals surface area contributed by atoms with Crippen molar-refractivity contribution in [1.29, 1.82) is 0 Å². The van der Waals surface area contributed by atoms with E-state index in [2.05, 4.69) is 31.7 Å². The Kier molecular flexibility index (Phi) is 1.25. The number of fused-ring (bicyclic) bond motifs is 2. The maximum absolute atomic E-state index is 5.48. The van der Waals surface area contributed by atoms with Gasteiger partial charge in [-0.2, -0.15) is 0 Å². The van der Waals surface area contributed by atoms with Gasteiger partial charge in [0.25, 0.3) is 0 Å². The molecule has 2 heterocycles. The molecule has 2 aliphatic rings. The molecule has 1 aromatic rings. The van der Waals surface area contributed by atoms with E-state index in [1.165, 1.54) is 12.8 Å². The number of imidazole rings is 1. The average Bonchev–Trinajstić information content (AvgIpc) is 2.68. The van der Waals surface area contributed by atoms with E-state index in [9.17, 15) is 0 Å². The first-order valence-corrected chi connectivity index (χ1v) is 4.91. The highest BCUT2D eigenvalue weighted by Crippen LogP contribution is 2.46. The minimum Gasteiger partial charge on any atom is -0.371 e. The Morgan fingerprint density at radius 2 is 2.42 bits per heavy atom. The summed E-state index contributed by atoms with van der Waals surface area (Å²) in [5.74, 6) is 1.06. The summed E-state index contributed by atoms with van der Waals surface area (Å²) in [6, 6.07) is 0. The van der Waals surface area contributed by atoms with Crippen LogP contribution >= 0.6 is 15.9 Å². The number of nitrogens with zero attached hydrogens (tertiary/aromatic N) is 2. The molecule has 3 rings (SSSR count). The first kappa shape index (κ1) is 7.09. The fraction of sp³-hybridized carbons (Fsp3) is 0.625. The van der Waals surface area contributed by atoms with Gasteiger partial charge in [-0.05, 0) is 28.8 Å². The molecule has 1 aliphatic carbocycles. The first-order valence-electron chi connectivity index (χ1n) is 4.12. The van der Waals surface area contributed by atoms with Gasteiger partial charge in [-0.1, -0.05) is 0 Å². The van der Waals surface area contributed by atoms with E-state index in [0.717, 1.165) is 17.0 Å². The van der Waals surface area contributed by atoms with Crippen molar-refractivity contribution in [1.82, 2.24) is 9.55 Å². The van der Waals surface area contributed by atoms with E-state index in [1.54, 1.807) is 0 Å². The summed E-state index contributed by atoms with van der Waals surface area (Å²) in [5.41, 5.74) is 0.284. The Morgan fingerprint density at radius 1 is 1.58 bits per heavy atom. The maximum Gasteiger partial charge on any atom is 0.136 e. The largest absolute Gasteiger partial charge is 0.371 e. The molecule has 3 nitrogen and oxygen atoms in total. The van der Waals surface area contributed by atoms with Gasteiger partial charge in [0.1, 0.15) is 17.0 Å². The van der Waals surface area contributed by atoms with Crippen LogP contribution in [0.15, 0.2) is 10.8 Å². The number of hydrogen-bond donors (Lipinski definition) is 0. The molecule has 0 amide bonds. The monoisotopic (exact) mass is 228 g/mol. The molecule has 0 atom stereocenters. The Bertz CT molecular complexity index is 330. The van der Waals surface area contributed by atoms with Gasteiger partial charge in [0.05, 0.1) is 12.1 Å². The zero-order valence-corrected chi connectivity index (χ0v) is 8.17. The Balaban J connectivity index is 2.15. The third-order valence-electron chi connectivity index (χ3n) is 2.69. The lowest BCUT2D eigenvalue weighted by Crippen LogP contribution is -2.29. The van der Waals surface area contributed by atoms with Crippen molar-refractivity contribution >= 4 is 15.9 Å². The Hall–Kier alpha value is -0.350. The number of ether oxygens (including phenoxy) is 1. The van der Waals surface area contributed by atoms with Gasteiger partial charge in [0, 0.05) is 6.20 Å². The summed E-state index contributed by atoms with van der Waals surface area (Å²) < 4.78 is 8.69. The molecule has 12 heavy (non-hydrogen) atoms. The predicted molar refractivity (Wildman–Crippen MR) is 46.8 cm³/mol. The summed E-state index contributed by atoms with van der Waals surface area (Å²) in [6.07, 6.45) is 4.55. The quantitative estimate of drug-likeness (QED) is 0.676. The second-order valence-electron chi connectivity index (χ2n) is 3.57. The summed E-state index contributed by atoms with van der Waals surface area (Å²) in [6.45, 7) is 1.52. The molecule has 4 heteroatoms. The average molecular weight is 229 g/mol. The van der Waals surface area contributed by atoms with Crippen molar-refractivity contribution in [3.63, 3.8) is 0 Å². The molecule has 1 aromatic heterocycles. The van der Waals surface area contributed by atoms with Gasteiger partial charge in [0.2, 0.25) is 0 Å². The van der Waals surface area contributed by atoms with Crippen LogP contribution in [0.3, 0.4) is 0 Å². The highest BCUT2D eigenvalue weighted by Gasteiger charge is 2.48. The lowest BCUT2D eigenvalue weighted by atomic mass is 10.2. The summed E-state index contributed by atoms with van der Waals surface area (Å²) >= 11 is 3.38. The van der Waals surface area contributed by atoms with E-state index in [1.807, 2.05) is 0 Å². The van der Waals surface area contributed by atoms with Crippen LogP contribution in [-0.4, -0.2) is 16.2 Å². The Labute approximate surface area is 78.9 Å². The van der Waals surface area contributed by atoms with Crippen LogP contribution in [-0.2, 0) is 16.9 Å². The molecule has 1 fully saturated rings. The number of halogens is 1. The smallest absolute Gasteiger partial charge is 0.136 e. The van der Waals surface area contributed by atoms with E-state index in [4.69, 9.17) is 4.74 Å². The molecular formula is C8H9BrN2O. The third kappa shape index (κ3) is 0.821. The molecule has 0 bridgehead atoms. The summed E-state index contributed by atoms with van der Waals surface area (Å²) in [7, 11) is 0. The molecule has 1 aliphatic heterocycles. The first-order chi connectivity index (χ1) is 5.80. The van der Waals surface area contributed by atoms with Crippen LogP contribution in [0.5, 0.6) is 0 Å². The SMILES string of the molecule is Brc1cn2c(n1)COCC21CC1. The molecule has 0 aromatic carbocycles. The maximum atomic E-state index is 5.48. The van der Waals surface area contributed by atoms with Crippen LogP contribution in [0.1, 0.15) is 18.7 Å². The molecule has 0 unspecified atom stereocenters. The van der Waals surface area contributed by atoms with Gasteiger partial charge in [-0.3, -0.25) is 0 Å². The fourth-order valence-corrected chi connectivity index (χ4v) is 2.24. The Morgan fingerprint density at radius 3 is 3.17 bits per heavy atom. The lowest BCUT2D eigenvalue weighted by Gasteiger charge is -2.24. The van der Waals surface area contributed by atoms with Crippen molar-refractivity contribution < 1.29 is 4.74 Å². The predicted octanol–water partition coefficient (Wildman–Crippen LogP) is 1.66. The molecule has 1 saturated carbocycles. The molecular weight excluding hydrogens is 220 g/mol. The van der Waals surface area contributed by atoms with Crippen LogP contribution < -0.4 is 0 Å². The van der Waals surface area contributed by atoms with Gasteiger partial charge in [-0.25, -0.2) is 4.98 Å². The number of rotatable bonds is 0. The number of hydrogen-bond acceptors (Lipinski definition) is 2. The minimum absolute atomic E-state index is 0.284. The van der Waals surface area contributed by atoms with E-state index >= 15 is 0 Å². The highest BCUT2D eigenvalue weighted by molar-refractivity contribution is 9.10. The van der Waals surface area contributed by atoms with Gasteiger partial charge in [0.15, 0.2) is 0 Å². The van der Waals surface area contributed by atoms with E-state index in [0.29, 0.717) is 6.61 Å². The summed E-state index contributed by atoms with van der Waals surface area (Å²) in [5, 5.41) is 0. The van der Waals surface area contributed by atoms with E-state index < -0.39 is 0 Å². The van der Waals surface area contributed by atoms with Crippen molar-refractivity contribution in [2.75, 3.05) is 6.61 Å². The lowest BCUT2D eigenvalue weighted by molar-refractivity contribution is 0.0446. The molecule has 0 radical (unpaired) electrons. The van der Waals surface area contributed by atoms with Crippen LogP contribution in [0.4, 0.5) is 0 Å². The highest BCUT2D eigenvalue weighted by atomic mass is 79.9. The van der Waals surface area contributed by atoms with Gasteiger partial charge in [-0.15, -0.1) is 0 Å². The van der Waals surface area contributed by atoms with E-state index in [-0.39, 0.29) is 5.54 Å². The standard InChI is InChI=1S/C8H9BrN2O/c9-6-3-11-7(10-6)4-12-5-8(11)1-2-8/h3H,1-2,4-5H2. The summed E-state index contributed by atoms with van der Waals surface area (Å²) in [4.78, 5) is 4.34. The molecule has 1 spiro atoms. The van der Waals surface area contributed by atoms with Crippen molar-refractivity contribution in [3.05, 3.63) is 16.6 Å². The van der Waals surface area contributed by atoms with Crippen molar-refractivity contribution in [2.45, 2.75) is 25.0 Å². The molecule has 0 N–H and O–H groups in total. The topological polar surface area (TPSA) is 27.1 Å².